The molecule has 1 saturated heterocycles. The molecule has 0 bridgehead atoms. The van der Waals surface area contributed by atoms with E-state index in [1.54, 1.807) is 0 Å². The van der Waals surface area contributed by atoms with Crippen LogP contribution in [0, 0.1) is 22.7 Å². The Balaban J connectivity index is 1.65. The summed E-state index contributed by atoms with van der Waals surface area (Å²) in [5, 5.41) is 3.13. The van der Waals surface area contributed by atoms with Gasteiger partial charge in [0.1, 0.15) is 5.82 Å². The lowest BCUT2D eigenvalue weighted by atomic mass is 9.72. The largest absolute Gasteiger partial charge is 0.380 e. The number of likely N-dealkylation sites (tertiary alicyclic amines) is 1. The van der Waals surface area contributed by atoms with E-state index in [1.165, 1.54) is 31.5 Å². The van der Waals surface area contributed by atoms with Gasteiger partial charge in [-0.3, -0.25) is 0 Å². The first-order chi connectivity index (χ1) is 13.7. The van der Waals surface area contributed by atoms with Gasteiger partial charge < -0.3 is 15.0 Å². The van der Waals surface area contributed by atoms with E-state index in [-0.39, 0.29) is 5.41 Å². The van der Waals surface area contributed by atoms with Gasteiger partial charge in [-0.2, -0.15) is 0 Å². The van der Waals surface area contributed by atoms with Gasteiger partial charge in [-0.25, -0.2) is 4.98 Å². The van der Waals surface area contributed by atoms with Crippen LogP contribution >= 0.6 is 0 Å². The highest BCUT2D eigenvalue weighted by molar-refractivity contribution is 5.36. The number of aromatic nitrogens is 1. The first-order valence-electron chi connectivity index (χ1n) is 11.6. The van der Waals surface area contributed by atoms with Crippen molar-refractivity contribution in [1.82, 2.24) is 9.88 Å². The summed E-state index contributed by atoms with van der Waals surface area (Å²) in [5.41, 5.74) is 2.12. The van der Waals surface area contributed by atoms with E-state index in [0.29, 0.717) is 11.3 Å². The van der Waals surface area contributed by atoms with Crippen molar-refractivity contribution in [3.63, 3.8) is 0 Å². The van der Waals surface area contributed by atoms with Crippen molar-refractivity contribution in [1.29, 1.82) is 0 Å². The van der Waals surface area contributed by atoms with Gasteiger partial charge in [0.2, 0.25) is 0 Å². The molecule has 4 nitrogen and oxygen atoms in total. The summed E-state index contributed by atoms with van der Waals surface area (Å²) in [4.78, 5) is 6.91. The SMILES string of the molecule is CNc1cc(CC(C)(C)C(C)CCOCCN2CCC(C)(C(C)C)CC2)ccn1. The van der Waals surface area contributed by atoms with Crippen LogP contribution in [0.2, 0.25) is 0 Å². The molecule has 1 unspecified atom stereocenters. The first-order valence-corrected chi connectivity index (χ1v) is 11.6. The number of piperidine rings is 1. The topological polar surface area (TPSA) is 37.4 Å². The van der Waals surface area contributed by atoms with Crippen LogP contribution in [0.3, 0.4) is 0 Å². The van der Waals surface area contributed by atoms with Gasteiger partial charge in [-0.1, -0.05) is 41.5 Å². The Bertz CT molecular complexity index is 606. The first kappa shape index (κ1) is 24.1. The number of pyridine rings is 1. The van der Waals surface area contributed by atoms with Crippen LogP contribution in [0.15, 0.2) is 18.3 Å². The number of rotatable bonds is 11. The van der Waals surface area contributed by atoms with Gasteiger partial charge in [0.15, 0.2) is 0 Å². The van der Waals surface area contributed by atoms with Crippen molar-refractivity contribution in [3.05, 3.63) is 23.9 Å². The molecule has 1 atom stereocenters. The average Bonchev–Trinajstić information content (AvgIpc) is 2.68. The Morgan fingerprint density at radius 1 is 1.21 bits per heavy atom. The second-order valence-corrected chi connectivity index (χ2v) is 10.4. The predicted molar refractivity (Wildman–Crippen MR) is 124 cm³/mol. The number of nitrogens with zero attached hydrogens (tertiary/aromatic N) is 2. The normalized spacial score (nSPS) is 18.8. The summed E-state index contributed by atoms with van der Waals surface area (Å²) >= 11 is 0. The Labute approximate surface area is 179 Å². The summed E-state index contributed by atoms with van der Waals surface area (Å²) in [5.74, 6) is 2.33. The summed E-state index contributed by atoms with van der Waals surface area (Å²) in [6, 6.07) is 4.29. The molecule has 0 aliphatic carbocycles. The molecule has 4 heteroatoms. The fourth-order valence-corrected chi connectivity index (χ4v) is 4.23. The Hall–Kier alpha value is -1.13. The van der Waals surface area contributed by atoms with Gasteiger partial charge in [0.05, 0.1) is 6.61 Å². The van der Waals surface area contributed by atoms with Crippen molar-refractivity contribution >= 4 is 5.82 Å². The van der Waals surface area contributed by atoms with E-state index in [4.69, 9.17) is 4.74 Å². The highest BCUT2D eigenvalue weighted by Crippen LogP contribution is 2.38. The zero-order valence-corrected chi connectivity index (χ0v) is 20.1. The Morgan fingerprint density at radius 2 is 1.90 bits per heavy atom. The summed E-state index contributed by atoms with van der Waals surface area (Å²) < 4.78 is 6.03. The van der Waals surface area contributed by atoms with Gasteiger partial charge in [-0.05, 0) is 79.1 Å². The lowest BCUT2D eigenvalue weighted by Crippen LogP contribution is -2.42. The molecule has 29 heavy (non-hydrogen) atoms. The Kier molecular flexibility index (Phi) is 8.96. The molecule has 1 N–H and O–H groups in total. The maximum atomic E-state index is 6.03. The van der Waals surface area contributed by atoms with E-state index in [1.807, 2.05) is 13.2 Å². The molecule has 0 aromatic carbocycles. The van der Waals surface area contributed by atoms with Gasteiger partial charge in [0, 0.05) is 26.4 Å². The van der Waals surface area contributed by atoms with Crippen LogP contribution in [0.4, 0.5) is 5.82 Å². The molecule has 1 aromatic rings. The third kappa shape index (κ3) is 7.25. The summed E-state index contributed by atoms with van der Waals surface area (Å²) in [7, 11) is 1.92. The monoisotopic (exact) mass is 403 g/mol. The molecule has 1 fully saturated rings. The van der Waals surface area contributed by atoms with Crippen molar-refractivity contribution in [2.75, 3.05) is 45.2 Å². The fraction of sp³-hybridized carbons (Fsp3) is 0.800. The smallest absolute Gasteiger partial charge is 0.125 e. The molecule has 2 heterocycles. The fourth-order valence-electron chi connectivity index (χ4n) is 4.23. The molecule has 2 rings (SSSR count). The van der Waals surface area contributed by atoms with Crippen LogP contribution in [0.1, 0.15) is 66.4 Å². The number of nitrogens with one attached hydrogen (secondary N) is 1. The molecule has 0 spiro atoms. The second kappa shape index (κ2) is 10.8. The highest BCUT2D eigenvalue weighted by Gasteiger charge is 2.32. The highest BCUT2D eigenvalue weighted by atomic mass is 16.5. The van der Waals surface area contributed by atoms with Crippen LogP contribution in [0.5, 0.6) is 0 Å². The van der Waals surface area contributed by atoms with Gasteiger partial charge in [-0.15, -0.1) is 0 Å². The lowest BCUT2D eigenvalue weighted by Gasteiger charge is -2.42. The molecule has 0 radical (unpaired) electrons. The maximum absolute atomic E-state index is 6.03. The number of hydrogen-bond donors (Lipinski definition) is 1. The second-order valence-electron chi connectivity index (χ2n) is 10.4. The van der Waals surface area contributed by atoms with E-state index in [0.717, 1.165) is 44.3 Å². The van der Waals surface area contributed by atoms with Crippen molar-refractivity contribution in [3.8, 4) is 0 Å². The third-order valence-electron chi connectivity index (χ3n) is 7.71. The van der Waals surface area contributed by atoms with E-state index < -0.39 is 0 Å². The summed E-state index contributed by atoms with van der Waals surface area (Å²) in [6.45, 7) is 19.6. The van der Waals surface area contributed by atoms with E-state index in [2.05, 4.69) is 68.9 Å². The molecule has 1 aliphatic heterocycles. The van der Waals surface area contributed by atoms with Gasteiger partial charge in [0.25, 0.3) is 0 Å². The van der Waals surface area contributed by atoms with Crippen molar-refractivity contribution < 1.29 is 4.74 Å². The molecule has 0 amide bonds. The minimum atomic E-state index is 0.240. The average molecular weight is 404 g/mol. The zero-order chi connectivity index (χ0) is 21.5. The number of anilines is 1. The van der Waals surface area contributed by atoms with Crippen LogP contribution in [-0.4, -0.2) is 49.8 Å². The minimum Gasteiger partial charge on any atom is -0.380 e. The van der Waals surface area contributed by atoms with Crippen molar-refractivity contribution in [2.24, 2.45) is 22.7 Å². The predicted octanol–water partition coefficient (Wildman–Crippen LogP) is 5.49. The van der Waals surface area contributed by atoms with Crippen molar-refractivity contribution in [2.45, 2.75) is 67.2 Å². The minimum absolute atomic E-state index is 0.240. The van der Waals surface area contributed by atoms with E-state index >= 15 is 0 Å². The zero-order valence-electron chi connectivity index (χ0n) is 20.1. The Morgan fingerprint density at radius 3 is 2.52 bits per heavy atom. The molecule has 0 saturated carbocycles. The molecular weight excluding hydrogens is 358 g/mol. The summed E-state index contributed by atoms with van der Waals surface area (Å²) in [6.07, 6.45) is 6.71. The molecule has 166 valence electrons. The third-order valence-corrected chi connectivity index (χ3v) is 7.71. The quantitative estimate of drug-likeness (QED) is 0.496. The van der Waals surface area contributed by atoms with Crippen LogP contribution in [-0.2, 0) is 11.2 Å². The molecular formula is C25H45N3O. The lowest BCUT2D eigenvalue weighted by molar-refractivity contribution is 0.0428. The molecule has 1 aromatic heterocycles. The van der Waals surface area contributed by atoms with Gasteiger partial charge >= 0.3 is 0 Å². The van der Waals surface area contributed by atoms with Crippen LogP contribution in [0.25, 0.3) is 0 Å². The maximum Gasteiger partial charge on any atom is 0.125 e. The standard InChI is InChI=1S/C25H45N3O/c1-20(2)25(6)10-13-28(14-11-25)15-17-29-16-9-21(3)24(4,5)19-22-8-12-27-23(18-22)26-7/h8,12,18,20-21H,9-11,13-17,19H2,1-7H3,(H,26,27). The van der Waals surface area contributed by atoms with Crippen LogP contribution < -0.4 is 5.32 Å². The number of ether oxygens (including phenoxy) is 1. The molecule has 1 aliphatic rings. The number of hydrogen-bond acceptors (Lipinski definition) is 4. The van der Waals surface area contributed by atoms with E-state index in [9.17, 15) is 0 Å².